The predicted molar refractivity (Wildman–Crippen MR) is 274 cm³/mol. The summed E-state index contributed by atoms with van der Waals surface area (Å²) < 4.78 is 25.6. The first-order chi connectivity index (χ1) is 33.8. The van der Waals surface area contributed by atoms with Crippen LogP contribution in [0.15, 0.2) is 53.5 Å². The molecule has 9 aliphatic rings. The minimum atomic E-state index is -0.910. The van der Waals surface area contributed by atoms with Gasteiger partial charge in [0.1, 0.15) is 29.5 Å². The number of fused-ring (bicyclic) bond motifs is 2. The lowest BCUT2D eigenvalue weighted by molar-refractivity contribution is 0.0166. The van der Waals surface area contributed by atoms with Crippen molar-refractivity contribution in [1.29, 1.82) is 0 Å². The van der Waals surface area contributed by atoms with Gasteiger partial charge in [0.2, 0.25) is 0 Å². The largest absolute Gasteiger partial charge is 0.508 e. The zero-order valence-corrected chi connectivity index (χ0v) is 42.4. The van der Waals surface area contributed by atoms with E-state index in [1.165, 1.54) is 0 Å². The van der Waals surface area contributed by atoms with E-state index in [9.17, 15) is 25.5 Å². The summed E-state index contributed by atoms with van der Waals surface area (Å²) in [5.41, 5.74) is 13.3. The number of aliphatic hydroxyl groups excluding tert-OH is 3. The second-order valence-corrected chi connectivity index (χ2v) is 22.5. The molecule has 70 heavy (non-hydrogen) atoms. The highest BCUT2D eigenvalue weighted by molar-refractivity contribution is 5.84. The minimum absolute atomic E-state index is 0.00359. The summed E-state index contributed by atoms with van der Waals surface area (Å²) in [6.45, 7) is 8.38. The van der Waals surface area contributed by atoms with Crippen LogP contribution in [0.2, 0.25) is 0 Å². The molecule has 3 aromatic carbocycles. The van der Waals surface area contributed by atoms with Gasteiger partial charge in [-0.2, -0.15) is 0 Å². The molecule has 8 N–H and O–H groups in total. The van der Waals surface area contributed by atoms with Crippen molar-refractivity contribution in [3.8, 4) is 39.9 Å². The van der Waals surface area contributed by atoms with E-state index in [0.717, 1.165) is 97.6 Å². The molecule has 12 unspecified atom stereocenters. The zero-order valence-electron chi connectivity index (χ0n) is 42.4. The number of benzene rings is 3. The molecule has 1 spiro atoms. The van der Waals surface area contributed by atoms with Gasteiger partial charge in [0.05, 0.1) is 19.3 Å². The van der Waals surface area contributed by atoms with Crippen LogP contribution in [0.5, 0.6) is 28.7 Å². The number of nitrogens with two attached hydrogens (primary N) is 1. The van der Waals surface area contributed by atoms with Crippen LogP contribution < -0.4 is 25.3 Å². The Morgan fingerprint density at radius 2 is 1.74 bits per heavy atom. The van der Waals surface area contributed by atoms with Crippen molar-refractivity contribution in [2.75, 3.05) is 40.5 Å². The van der Waals surface area contributed by atoms with Crippen LogP contribution in [-0.2, 0) is 24.0 Å². The number of methoxy groups -OCH3 is 2. The number of phenols is 2. The van der Waals surface area contributed by atoms with Gasteiger partial charge in [-0.25, -0.2) is 0 Å². The molecule has 0 saturated heterocycles. The van der Waals surface area contributed by atoms with Crippen LogP contribution in [0.4, 0.5) is 0 Å². The molecule has 2 saturated carbocycles. The fraction of sp³-hybridized carbons (Fsp3) is 0.638. The summed E-state index contributed by atoms with van der Waals surface area (Å²) in [5, 5.41) is 61.3. The van der Waals surface area contributed by atoms with E-state index in [-0.39, 0.29) is 53.5 Å². The van der Waals surface area contributed by atoms with Crippen molar-refractivity contribution in [2.24, 2.45) is 57.6 Å². The van der Waals surface area contributed by atoms with Crippen molar-refractivity contribution < 1.29 is 44.5 Å². The second kappa shape index (κ2) is 21.7. The van der Waals surface area contributed by atoms with Gasteiger partial charge in [0.15, 0.2) is 17.5 Å². The number of phenolic OH excluding ortho intramolecular Hbond substituents is 2. The van der Waals surface area contributed by atoms with Gasteiger partial charge >= 0.3 is 0 Å². The predicted octanol–water partition coefficient (Wildman–Crippen LogP) is 9.30. The number of guanidine groups is 1. The summed E-state index contributed by atoms with van der Waals surface area (Å²) in [6.07, 6.45) is 14.6. The Balaban J connectivity index is 1.14. The summed E-state index contributed by atoms with van der Waals surface area (Å²) in [5.74, 6) is 3.79. The Bertz CT molecular complexity index is 2370. The Morgan fingerprint density at radius 1 is 0.914 bits per heavy atom. The molecule has 12 nitrogen and oxygen atoms in total. The fourth-order valence-electron chi connectivity index (χ4n) is 14.2. The number of aromatic hydroxyl groups is 2. The second-order valence-electron chi connectivity index (χ2n) is 22.5. The monoisotopic (exact) mass is 964 g/mol. The highest BCUT2D eigenvalue weighted by atomic mass is 16.5. The van der Waals surface area contributed by atoms with Crippen molar-refractivity contribution in [3.63, 3.8) is 0 Å². The summed E-state index contributed by atoms with van der Waals surface area (Å²) in [7, 11) is 3.46. The highest BCUT2D eigenvalue weighted by Gasteiger charge is 2.46. The van der Waals surface area contributed by atoms with Gasteiger partial charge < -0.3 is 55.5 Å². The number of hydrogen-bond donors (Lipinski definition) is 7. The number of allylic oxidation sites excluding steroid dienone is 2. The van der Waals surface area contributed by atoms with Gasteiger partial charge in [-0.05, 0) is 176 Å². The quantitative estimate of drug-likeness (QED) is 0.107. The van der Waals surface area contributed by atoms with Crippen LogP contribution >= 0.6 is 0 Å². The third-order valence-corrected chi connectivity index (χ3v) is 17.7. The van der Waals surface area contributed by atoms with Crippen LogP contribution in [0.1, 0.15) is 138 Å². The molecule has 12 atom stereocenters. The molecule has 5 aliphatic heterocycles. The lowest BCUT2D eigenvalue weighted by Gasteiger charge is -2.42. The molecule has 8 bridgehead atoms. The highest BCUT2D eigenvalue weighted by Crippen LogP contribution is 2.57. The standard InChI is InChI=1S/C58H81N3O9/c1-6-34-22-36-13-12-35(34)23-42(63)30-58(18-8-10-41(58)17-20-67-4)32-61-57(59)60-19-16-43-38(31-62)9-7-11-50(43)69-52-27-37(14-15-47(52)64)56-49(66)28-46-51(70-56)29-53(68-5)55-45-25-40(21-33(2)3)48(65)26-39(45)24-44(36)54(46)55/h12-15,25-27,29,33-36,38,41-44,49-50,56,62-66H,6-11,16-24,28,30-32H2,1-5H3,(H3,59,60,61). The van der Waals surface area contributed by atoms with Crippen molar-refractivity contribution in [3.05, 3.63) is 76.4 Å². The molecular formula is C58H81N3O9. The van der Waals surface area contributed by atoms with Crippen molar-refractivity contribution in [2.45, 2.75) is 147 Å². The van der Waals surface area contributed by atoms with E-state index in [1.807, 2.05) is 18.2 Å². The van der Waals surface area contributed by atoms with Crippen LogP contribution in [0.25, 0.3) is 11.1 Å². The van der Waals surface area contributed by atoms with Crippen LogP contribution in [-0.4, -0.2) is 90.3 Å². The Hall–Kier alpha value is -4.49. The molecule has 4 aliphatic carbocycles. The van der Waals surface area contributed by atoms with Crippen molar-refractivity contribution in [1.82, 2.24) is 5.32 Å². The van der Waals surface area contributed by atoms with Crippen LogP contribution in [0.3, 0.4) is 0 Å². The van der Waals surface area contributed by atoms with Gasteiger partial charge in [0, 0.05) is 62.9 Å². The normalized spacial score (nSPS) is 32.1. The Morgan fingerprint density at radius 3 is 2.51 bits per heavy atom. The average Bonchev–Trinajstić information content (AvgIpc) is 3.74. The molecule has 5 heterocycles. The molecule has 12 rings (SSSR count). The molecular weight excluding hydrogens is 883 g/mol. The van der Waals surface area contributed by atoms with Gasteiger partial charge in [0.25, 0.3) is 0 Å². The number of hydrogen-bond acceptors (Lipinski definition) is 12. The molecule has 0 aromatic heterocycles. The van der Waals surface area contributed by atoms with E-state index >= 15 is 0 Å². The third kappa shape index (κ3) is 10.3. The van der Waals surface area contributed by atoms with Crippen LogP contribution in [0, 0.1) is 46.8 Å². The van der Waals surface area contributed by atoms with Gasteiger partial charge in [-0.15, -0.1) is 0 Å². The first-order valence-corrected chi connectivity index (χ1v) is 26.8. The van der Waals surface area contributed by atoms with E-state index in [2.05, 4.69) is 44.3 Å². The molecule has 382 valence electrons. The fourth-order valence-corrected chi connectivity index (χ4v) is 14.2. The molecule has 0 amide bonds. The number of nitrogens with zero attached hydrogens (tertiary/aromatic N) is 1. The number of nitrogens with one attached hydrogen (secondary N) is 1. The number of aliphatic hydroxyl groups is 3. The maximum absolute atomic E-state index is 12.3. The first-order valence-electron chi connectivity index (χ1n) is 26.8. The maximum atomic E-state index is 12.3. The maximum Gasteiger partial charge on any atom is 0.188 e. The Kier molecular flexibility index (Phi) is 15.6. The zero-order chi connectivity index (χ0) is 49.3. The topological polar surface area (TPSA) is 188 Å². The third-order valence-electron chi connectivity index (χ3n) is 17.7. The van der Waals surface area contributed by atoms with E-state index in [1.54, 1.807) is 26.4 Å². The molecule has 0 radical (unpaired) electrons. The first kappa shape index (κ1) is 50.5. The number of ether oxygens (including phenoxy) is 4. The molecule has 2 fully saturated rings. The van der Waals surface area contributed by atoms with E-state index in [0.29, 0.717) is 104 Å². The summed E-state index contributed by atoms with van der Waals surface area (Å²) in [6, 6.07) is 11.3. The summed E-state index contributed by atoms with van der Waals surface area (Å²) in [4.78, 5) is 5.02. The lowest BCUT2D eigenvalue weighted by Crippen LogP contribution is -2.42. The minimum Gasteiger partial charge on any atom is -0.508 e. The van der Waals surface area contributed by atoms with E-state index < -0.39 is 18.3 Å². The average molecular weight is 964 g/mol. The summed E-state index contributed by atoms with van der Waals surface area (Å²) >= 11 is 0. The number of aliphatic imine (C=N–C) groups is 1. The SMILES string of the molecule is CCC1CC2C=CC1CC(O)CC1(CCCC1CCOC)CN=C(N)NCCC1C(CO)CCCC1Oc1cc(ccc1O)C1Oc3cc(OC)c4c(c3CC1O)C2Cc1cc(O)c(CC(C)C)cc1-4. The molecule has 12 heteroatoms. The van der Waals surface area contributed by atoms with Crippen molar-refractivity contribution >= 4 is 5.96 Å². The number of rotatable bonds is 8. The van der Waals surface area contributed by atoms with E-state index in [4.69, 9.17) is 29.7 Å². The van der Waals surface area contributed by atoms with Gasteiger partial charge in [-0.3, -0.25) is 4.99 Å². The lowest BCUT2D eigenvalue weighted by atomic mass is 9.64. The molecule has 3 aromatic rings. The smallest absolute Gasteiger partial charge is 0.188 e. The Labute approximate surface area is 416 Å². The van der Waals surface area contributed by atoms with Gasteiger partial charge in [-0.1, -0.05) is 51.8 Å².